The molecule has 0 saturated heterocycles. The number of nitrogens with two attached hydrogens (primary N) is 1. The van der Waals surface area contributed by atoms with Crippen molar-refractivity contribution in [1.29, 1.82) is 0 Å². The summed E-state index contributed by atoms with van der Waals surface area (Å²) in [4.78, 5) is 21.8. The first-order valence-corrected chi connectivity index (χ1v) is 4.64. The molecular weight excluding hydrogens is 214 g/mol. The van der Waals surface area contributed by atoms with Crippen LogP contribution in [0.3, 0.4) is 0 Å². The standard InChI is InChI=1S/C8H13N5O3/c1-5(8(15)16)10-7(14)4-13-3-6(2-9)11-12-13/h3,5H,2,4,9H2,1H3,(H,10,14)(H,15,16)/t5-/m1/s1. The number of nitrogens with zero attached hydrogens (tertiary/aromatic N) is 3. The van der Waals surface area contributed by atoms with E-state index in [1.807, 2.05) is 0 Å². The third kappa shape index (κ3) is 3.31. The largest absolute Gasteiger partial charge is 0.480 e. The van der Waals surface area contributed by atoms with Gasteiger partial charge in [-0.15, -0.1) is 5.10 Å². The SMILES string of the molecule is C[C@@H](NC(=O)Cn1cc(CN)nn1)C(=O)O. The topological polar surface area (TPSA) is 123 Å². The van der Waals surface area contributed by atoms with Crippen molar-refractivity contribution in [2.24, 2.45) is 5.73 Å². The Morgan fingerprint density at radius 2 is 2.38 bits per heavy atom. The lowest BCUT2D eigenvalue weighted by Gasteiger charge is -2.08. The summed E-state index contributed by atoms with van der Waals surface area (Å²) < 4.78 is 1.30. The second-order valence-corrected chi connectivity index (χ2v) is 3.24. The summed E-state index contributed by atoms with van der Waals surface area (Å²) in [5, 5.41) is 18.2. The molecule has 16 heavy (non-hydrogen) atoms. The zero-order valence-electron chi connectivity index (χ0n) is 8.75. The van der Waals surface area contributed by atoms with Crippen LogP contribution >= 0.6 is 0 Å². The normalized spacial score (nSPS) is 12.1. The van der Waals surface area contributed by atoms with Crippen molar-refractivity contribution in [3.8, 4) is 0 Å². The number of hydrogen-bond donors (Lipinski definition) is 3. The van der Waals surface area contributed by atoms with Gasteiger partial charge >= 0.3 is 5.97 Å². The number of carboxylic acids is 1. The molecule has 0 aliphatic carbocycles. The van der Waals surface area contributed by atoms with Gasteiger partial charge < -0.3 is 16.2 Å². The van der Waals surface area contributed by atoms with Crippen molar-refractivity contribution in [3.63, 3.8) is 0 Å². The molecule has 1 aromatic rings. The van der Waals surface area contributed by atoms with Crippen LogP contribution in [0.2, 0.25) is 0 Å². The number of rotatable bonds is 5. The van der Waals surface area contributed by atoms with Crippen LogP contribution in [0.1, 0.15) is 12.6 Å². The summed E-state index contributed by atoms with van der Waals surface area (Å²) in [6, 6.07) is -0.926. The first-order chi connectivity index (χ1) is 7.52. The average molecular weight is 227 g/mol. The van der Waals surface area contributed by atoms with E-state index in [4.69, 9.17) is 10.8 Å². The summed E-state index contributed by atoms with van der Waals surface area (Å²) in [5.41, 5.74) is 5.89. The lowest BCUT2D eigenvalue weighted by molar-refractivity contribution is -0.141. The quantitative estimate of drug-likeness (QED) is 0.552. The van der Waals surface area contributed by atoms with E-state index in [1.165, 1.54) is 17.8 Å². The van der Waals surface area contributed by atoms with Gasteiger partial charge in [0.05, 0.1) is 11.9 Å². The zero-order chi connectivity index (χ0) is 12.1. The zero-order valence-corrected chi connectivity index (χ0v) is 8.75. The first-order valence-electron chi connectivity index (χ1n) is 4.64. The minimum Gasteiger partial charge on any atom is -0.480 e. The number of carboxylic acid groups (broad SMARTS) is 1. The maximum atomic E-state index is 11.3. The molecule has 88 valence electrons. The lowest BCUT2D eigenvalue weighted by atomic mass is 10.3. The molecule has 0 unspecified atom stereocenters. The van der Waals surface area contributed by atoms with E-state index in [-0.39, 0.29) is 13.1 Å². The number of amides is 1. The fourth-order valence-electron chi connectivity index (χ4n) is 1.01. The Hall–Kier alpha value is -1.96. The van der Waals surface area contributed by atoms with Gasteiger partial charge in [-0.1, -0.05) is 5.21 Å². The fraction of sp³-hybridized carbons (Fsp3) is 0.500. The van der Waals surface area contributed by atoms with Gasteiger partial charge in [-0.2, -0.15) is 0 Å². The van der Waals surface area contributed by atoms with Gasteiger partial charge in [-0.05, 0) is 6.92 Å². The molecule has 0 aromatic carbocycles. The summed E-state index contributed by atoms with van der Waals surface area (Å²) >= 11 is 0. The van der Waals surface area contributed by atoms with Crippen molar-refractivity contribution < 1.29 is 14.7 Å². The predicted octanol–water partition coefficient (Wildman–Crippen LogP) is -1.67. The minimum atomic E-state index is -1.09. The number of hydrogen-bond acceptors (Lipinski definition) is 5. The number of aromatic nitrogens is 3. The van der Waals surface area contributed by atoms with Crippen LogP contribution in [-0.2, 0) is 22.7 Å². The molecule has 0 aliphatic rings. The van der Waals surface area contributed by atoms with Crippen LogP contribution in [-0.4, -0.2) is 38.0 Å². The molecule has 0 spiro atoms. The molecule has 8 nitrogen and oxygen atoms in total. The van der Waals surface area contributed by atoms with Crippen molar-refractivity contribution in [2.45, 2.75) is 26.1 Å². The van der Waals surface area contributed by atoms with Crippen LogP contribution in [0, 0.1) is 0 Å². The molecule has 0 bridgehead atoms. The van der Waals surface area contributed by atoms with Gasteiger partial charge in [0, 0.05) is 6.54 Å². The molecule has 1 amide bonds. The Morgan fingerprint density at radius 1 is 1.69 bits per heavy atom. The lowest BCUT2D eigenvalue weighted by Crippen LogP contribution is -2.40. The molecule has 1 aromatic heterocycles. The molecular formula is C8H13N5O3. The van der Waals surface area contributed by atoms with E-state index in [1.54, 1.807) is 0 Å². The van der Waals surface area contributed by atoms with Crippen LogP contribution in [0.25, 0.3) is 0 Å². The maximum absolute atomic E-state index is 11.3. The van der Waals surface area contributed by atoms with E-state index in [9.17, 15) is 9.59 Å². The second-order valence-electron chi connectivity index (χ2n) is 3.24. The molecule has 1 atom stereocenters. The Balaban J connectivity index is 2.48. The van der Waals surface area contributed by atoms with Gasteiger partial charge in [0.2, 0.25) is 5.91 Å². The molecule has 0 aliphatic heterocycles. The van der Waals surface area contributed by atoms with E-state index in [0.29, 0.717) is 5.69 Å². The molecule has 0 radical (unpaired) electrons. The van der Waals surface area contributed by atoms with Gasteiger partial charge in [-0.25, -0.2) is 4.68 Å². The van der Waals surface area contributed by atoms with Crippen LogP contribution in [0.15, 0.2) is 6.20 Å². The molecule has 8 heteroatoms. The van der Waals surface area contributed by atoms with Crippen LogP contribution in [0.5, 0.6) is 0 Å². The highest BCUT2D eigenvalue weighted by Crippen LogP contribution is 1.91. The number of carbonyl (C=O) groups excluding carboxylic acids is 1. The van der Waals surface area contributed by atoms with Crippen LogP contribution in [0.4, 0.5) is 0 Å². The molecule has 1 heterocycles. The van der Waals surface area contributed by atoms with E-state index in [2.05, 4.69) is 15.6 Å². The highest BCUT2D eigenvalue weighted by atomic mass is 16.4. The maximum Gasteiger partial charge on any atom is 0.325 e. The predicted molar refractivity (Wildman–Crippen MR) is 53.2 cm³/mol. The average Bonchev–Trinajstić information content (AvgIpc) is 2.65. The van der Waals surface area contributed by atoms with Crippen molar-refractivity contribution in [2.75, 3.05) is 0 Å². The van der Waals surface area contributed by atoms with E-state index in [0.717, 1.165) is 0 Å². The third-order valence-corrected chi connectivity index (χ3v) is 1.85. The molecule has 0 saturated carbocycles. The molecule has 4 N–H and O–H groups in total. The smallest absolute Gasteiger partial charge is 0.325 e. The summed E-state index contributed by atoms with van der Waals surface area (Å²) in [6.07, 6.45) is 1.53. The first kappa shape index (κ1) is 12.1. The second kappa shape index (κ2) is 5.21. The number of aliphatic carboxylic acids is 1. The number of nitrogens with one attached hydrogen (secondary N) is 1. The number of carbonyl (C=O) groups is 2. The van der Waals surface area contributed by atoms with Gasteiger partial charge in [0.25, 0.3) is 0 Å². The van der Waals surface area contributed by atoms with Crippen molar-refractivity contribution in [1.82, 2.24) is 20.3 Å². The summed E-state index contributed by atoms with van der Waals surface area (Å²) in [6.45, 7) is 1.55. The van der Waals surface area contributed by atoms with Gasteiger partial charge in [0.15, 0.2) is 0 Å². The highest BCUT2D eigenvalue weighted by molar-refractivity contribution is 5.82. The monoisotopic (exact) mass is 227 g/mol. The minimum absolute atomic E-state index is 0.0788. The summed E-state index contributed by atoms with van der Waals surface area (Å²) in [5.74, 6) is -1.53. The molecule has 1 rings (SSSR count). The Labute approximate surface area is 91.4 Å². The van der Waals surface area contributed by atoms with E-state index >= 15 is 0 Å². The Bertz CT molecular complexity index is 389. The Morgan fingerprint density at radius 3 is 2.88 bits per heavy atom. The van der Waals surface area contributed by atoms with Crippen molar-refractivity contribution >= 4 is 11.9 Å². The fourth-order valence-corrected chi connectivity index (χ4v) is 1.01. The Kier molecular flexibility index (Phi) is 3.95. The van der Waals surface area contributed by atoms with Gasteiger partial charge in [0.1, 0.15) is 12.6 Å². The van der Waals surface area contributed by atoms with E-state index < -0.39 is 17.9 Å². The summed E-state index contributed by atoms with van der Waals surface area (Å²) in [7, 11) is 0. The van der Waals surface area contributed by atoms with Crippen LogP contribution < -0.4 is 11.1 Å². The van der Waals surface area contributed by atoms with Gasteiger partial charge in [-0.3, -0.25) is 9.59 Å². The van der Waals surface area contributed by atoms with Crippen molar-refractivity contribution in [3.05, 3.63) is 11.9 Å². The molecule has 0 fully saturated rings. The third-order valence-electron chi connectivity index (χ3n) is 1.85. The highest BCUT2D eigenvalue weighted by Gasteiger charge is 2.14.